The largest absolute Gasteiger partial charge is 1.00 e. The molecule has 0 atom stereocenters. The van der Waals surface area contributed by atoms with Gasteiger partial charge in [-0.1, -0.05) is 30.3 Å². The van der Waals surface area contributed by atoms with Crippen LogP contribution in [-0.4, -0.2) is 6.09 Å². The van der Waals surface area contributed by atoms with E-state index in [-0.39, 0.29) is 59.4 Å². The Hall–Kier alpha value is -0.384. The van der Waals surface area contributed by atoms with Gasteiger partial charge in [0.15, 0.2) is 6.19 Å². The Bertz CT molecular complexity index is 327. The van der Waals surface area contributed by atoms with Crippen molar-refractivity contribution in [2.75, 3.05) is 0 Å². The summed E-state index contributed by atoms with van der Waals surface area (Å²) in [6.45, 7) is 0.175. The maximum atomic E-state index is 10.7. The van der Waals surface area contributed by atoms with Crippen molar-refractivity contribution < 1.29 is 62.3 Å². The van der Waals surface area contributed by atoms with Crippen molar-refractivity contribution in [2.45, 2.75) is 6.61 Å². The van der Waals surface area contributed by atoms with E-state index in [0.717, 1.165) is 5.56 Å². The molecule has 0 saturated heterocycles. The van der Waals surface area contributed by atoms with Crippen molar-refractivity contribution in [3.63, 3.8) is 0 Å². The number of carbonyl (C=O) groups excluding carboxylic acids is 1. The second-order valence-electron chi connectivity index (χ2n) is 2.30. The maximum absolute atomic E-state index is 10.7. The SMILES string of the molecule is N#CNC(=O)OCc1ccccc1.[H-].[K+]. The standard InChI is InChI=1S/C9H8N2O2.K.H/c10-7-11-9(12)13-6-8-4-2-1-3-5-8;;/h1-5H,6H2,(H,11,12);;/q;+1;-1. The van der Waals surface area contributed by atoms with Gasteiger partial charge in [0.2, 0.25) is 0 Å². The van der Waals surface area contributed by atoms with E-state index in [9.17, 15) is 4.79 Å². The number of amides is 1. The predicted molar refractivity (Wildman–Crippen MR) is 46.5 cm³/mol. The van der Waals surface area contributed by atoms with Crippen LogP contribution in [0.15, 0.2) is 30.3 Å². The minimum atomic E-state index is -0.730. The molecule has 0 aliphatic heterocycles. The fourth-order valence-electron chi connectivity index (χ4n) is 0.805. The van der Waals surface area contributed by atoms with Crippen molar-refractivity contribution in [1.29, 1.82) is 5.26 Å². The summed E-state index contributed by atoms with van der Waals surface area (Å²) in [7, 11) is 0. The molecule has 0 saturated carbocycles. The van der Waals surface area contributed by atoms with Crippen LogP contribution in [0, 0.1) is 11.5 Å². The Morgan fingerprint density at radius 2 is 2.14 bits per heavy atom. The quantitative estimate of drug-likeness (QED) is 0.372. The molecular weight excluding hydrogens is 207 g/mol. The molecule has 68 valence electrons. The molecule has 5 heteroatoms. The van der Waals surface area contributed by atoms with E-state index in [2.05, 4.69) is 0 Å². The van der Waals surface area contributed by atoms with Crippen LogP contribution in [0.2, 0.25) is 0 Å². The topological polar surface area (TPSA) is 62.1 Å². The fraction of sp³-hybridized carbons (Fsp3) is 0.111. The summed E-state index contributed by atoms with van der Waals surface area (Å²) < 4.78 is 4.70. The van der Waals surface area contributed by atoms with Gasteiger partial charge in [-0.15, -0.1) is 0 Å². The van der Waals surface area contributed by atoms with Gasteiger partial charge in [0.25, 0.3) is 0 Å². The first-order valence-electron chi connectivity index (χ1n) is 3.68. The number of hydrogen-bond donors (Lipinski definition) is 1. The second-order valence-corrected chi connectivity index (χ2v) is 2.30. The zero-order chi connectivity index (χ0) is 9.52. The number of alkyl carbamates (subject to hydrolysis) is 1. The first-order valence-corrected chi connectivity index (χ1v) is 3.68. The third kappa shape index (κ3) is 5.37. The van der Waals surface area contributed by atoms with E-state index < -0.39 is 6.09 Å². The van der Waals surface area contributed by atoms with Gasteiger partial charge in [0.05, 0.1) is 0 Å². The number of ether oxygens (including phenoxy) is 1. The summed E-state index contributed by atoms with van der Waals surface area (Å²) in [5, 5.41) is 9.93. The number of carbonyl (C=O) groups is 1. The van der Waals surface area contributed by atoms with Crippen LogP contribution in [0.1, 0.15) is 6.99 Å². The number of nitrogens with one attached hydrogen (secondary N) is 1. The molecule has 0 spiro atoms. The molecule has 1 aromatic carbocycles. The van der Waals surface area contributed by atoms with Crippen molar-refractivity contribution >= 4 is 6.09 Å². The van der Waals surface area contributed by atoms with Crippen molar-refractivity contribution in [2.24, 2.45) is 0 Å². The Kier molecular flexibility index (Phi) is 7.75. The van der Waals surface area contributed by atoms with Gasteiger partial charge >= 0.3 is 57.5 Å². The molecule has 1 N–H and O–H groups in total. The molecule has 0 heterocycles. The van der Waals surface area contributed by atoms with E-state index in [0.29, 0.717) is 0 Å². The van der Waals surface area contributed by atoms with Gasteiger partial charge in [-0.3, -0.25) is 0 Å². The van der Waals surface area contributed by atoms with E-state index in [1.165, 1.54) is 6.19 Å². The van der Waals surface area contributed by atoms with E-state index >= 15 is 0 Å². The van der Waals surface area contributed by atoms with Crippen LogP contribution in [-0.2, 0) is 11.3 Å². The summed E-state index contributed by atoms with van der Waals surface area (Å²) in [6, 6.07) is 9.24. The van der Waals surface area contributed by atoms with Crippen LogP contribution in [0.3, 0.4) is 0 Å². The summed E-state index contributed by atoms with van der Waals surface area (Å²) in [5.74, 6) is 0. The summed E-state index contributed by atoms with van der Waals surface area (Å²) in [6.07, 6.45) is 0.749. The van der Waals surface area contributed by atoms with Gasteiger partial charge in [-0.25, -0.2) is 10.1 Å². The van der Waals surface area contributed by atoms with E-state index in [4.69, 9.17) is 10.00 Å². The second kappa shape index (κ2) is 7.97. The molecule has 0 aromatic heterocycles. The predicted octanol–water partition coefficient (Wildman–Crippen LogP) is -1.49. The minimum absolute atomic E-state index is 0. The van der Waals surface area contributed by atoms with Gasteiger partial charge in [0.1, 0.15) is 6.61 Å². The third-order valence-corrected chi connectivity index (χ3v) is 1.37. The van der Waals surface area contributed by atoms with Crippen LogP contribution in [0.5, 0.6) is 0 Å². The molecule has 1 aromatic rings. The normalized spacial score (nSPS) is 7.93. The molecule has 0 aliphatic carbocycles. The molecule has 4 nitrogen and oxygen atoms in total. The van der Waals surface area contributed by atoms with Crippen molar-refractivity contribution in [3.8, 4) is 6.19 Å². The van der Waals surface area contributed by atoms with Crippen LogP contribution < -0.4 is 56.7 Å². The first-order chi connectivity index (χ1) is 6.33. The molecule has 0 bridgehead atoms. The first kappa shape index (κ1) is 13.6. The maximum Gasteiger partial charge on any atom is 1.00 e. The minimum Gasteiger partial charge on any atom is -1.00 e. The Morgan fingerprint density at radius 1 is 1.50 bits per heavy atom. The fourth-order valence-corrected chi connectivity index (χ4v) is 0.805. The van der Waals surface area contributed by atoms with E-state index in [1.54, 1.807) is 0 Å². The Morgan fingerprint density at radius 3 is 2.71 bits per heavy atom. The molecule has 0 fully saturated rings. The number of nitriles is 1. The summed E-state index contributed by atoms with van der Waals surface area (Å²) in [5.41, 5.74) is 0.885. The van der Waals surface area contributed by atoms with Gasteiger partial charge in [-0.2, -0.15) is 5.26 Å². The van der Waals surface area contributed by atoms with E-state index in [1.807, 2.05) is 35.6 Å². The average Bonchev–Trinajstić information content (AvgIpc) is 2.17. The average molecular weight is 216 g/mol. The molecule has 14 heavy (non-hydrogen) atoms. The van der Waals surface area contributed by atoms with Crippen LogP contribution >= 0.6 is 0 Å². The van der Waals surface area contributed by atoms with Gasteiger partial charge < -0.3 is 6.16 Å². The number of nitrogens with zero attached hydrogens (tertiary/aromatic N) is 1. The smallest absolute Gasteiger partial charge is 1.00 e. The van der Waals surface area contributed by atoms with Gasteiger partial charge in [0, 0.05) is 0 Å². The van der Waals surface area contributed by atoms with Crippen LogP contribution in [0.25, 0.3) is 0 Å². The van der Waals surface area contributed by atoms with Crippen molar-refractivity contribution in [3.05, 3.63) is 35.9 Å². The monoisotopic (exact) mass is 216 g/mol. The number of rotatable bonds is 2. The van der Waals surface area contributed by atoms with Crippen molar-refractivity contribution in [1.82, 2.24) is 5.32 Å². The molecule has 1 amide bonds. The molecule has 0 aliphatic rings. The van der Waals surface area contributed by atoms with Gasteiger partial charge in [-0.05, 0) is 5.56 Å². The zero-order valence-corrected chi connectivity index (χ0v) is 11.0. The number of benzene rings is 1. The molecule has 0 radical (unpaired) electrons. The molecular formula is C9H9KN2O2. The Balaban J connectivity index is 0. The Labute approximate surface area is 126 Å². The number of hydrogen-bond acceptors (Lipinski definition) is 3. The summed E-state index contributed by atoms with van der Waals surface area (Å²) in [4.78, 5) is 10.7. The molecule has 1 rings (SSSR count). The van der Waals surface area contributed by atoms with Crippen LogP contribution in [0.4, 0.5) is 4.79 Å². The summed E-state index contributed by atoms with van der Waals surface area (Å²) >= 11 is 0. The zero-order valence-electron chi connectivity index (χ0n) is 8.86. The third-order valence-electron chi connectivity index (χ3n) is 1.37. The molecule has 0 unspecified atom stereocenters.